The number of hydrogen-bond donors (Lipinski definition) is 0. The fourth-order valence-corrected chi connectivity index (χ4v) is 6.35. The molecule has 0 bridgehead atoms. The Kier molecular flexibility index (Phi) is 7.76. The number of aryl methyl sites for hydroxylation is 2. The highest BCUT2D eigenvalue weighted by molar-refractivity contribution is 14.1. The predicted molar refractivity (Wildman–Crippen MR) is 138 cm³/mol. The number of hydrogen-bond acceptors (Lipinski definition) is 2. The van der Waals surface area contributed by atoms with Crippen molar-refractivity contribution >= 4 is 45.2 Å². The molecule has 5 heteroatoms. The molecule has 156 valence electrons. The molecule has 4 aromatic carbocycles. The summed E-state index contributed by atoms with van der Waals surface area (Å²) < 4.78 is 17.3. The molecule has 0 aromatic heterocycles. The normalized spacial score (nSPS) is 10.7. The number of halogens is 3. The minimum atomic E-state index is -0.374. The standard InChI is InChI=1S/C26H20I3O2/c1-17-3-9-23(30-21-11-5-19(27)6-12-21)15-25(17)29-26-16-24(10-4-18(26)2)31-22-13-7-20(28)8-14-22/h3-16H,1-2H3/q+1. The molecule has 31 heavy (non-hydrogen) atoms. The van der Waals surface area contributed by atoms with Crippen molar-refractivity contribution < 1.29 is 30.7 Å². The van der Waals surface area contributed by atoms with Crippen LogP contribution in [0.5, 0.6) is 23.0 Å². The molecule has 0 spiro atoms. The maximum Gasteiger partial charge on any atom is 0.358 e. The molecule has 0 atom stereocenters. The zero-order valence-corrected chi connectivity index (χ0v) is 23.5. The molecule has 0 radical (unpaired) electrons. The molecule has 0 saturated carbocycles. The van der Waals surface area contributed by atoms with E-state index in [1.165, 1.54) is 25.4 Å². The second kappa shape index (κ2) is 10.5. The van der Waals surface area contributed by atoms with Crippen LogP contribution in [0.25, 0.3) is 0 Å². The minimum absolute atomic E-state index is 0.374. The van der Waals surface area contributed by atoms with Gasteiger partial charge in [-0.3, -0.25) is 0 Å². The van der Waals surface area contributed by atoms with Crippen LogP contribution in [0.15, 0.2) is 84.9 Å². The van der Waals surface area contributed by atoms with Crippen LogP contribution in [0, 0.1) is 28.1 Å². The Morgan fingerprint density at radius 1 is 0.516 bits per heavy atom. The van der Waals surface area contributed by atoms with Crippen molar-refractivity contribution in [3.63, 3.8) is 0 Å². The van der Waals surface area contributed by atoms with Crippen molar-refractivity contribution in [2.24, 2.45) is 0 Å². The van der Waals surface area contributed by atoms with Crippen molar-refractivity contribution in [2.75, 3.05) is 0 Å². The van der Waals surface area contributed by atoms with Crippen LogP contribution in [0.3, 0.4) is 0 Å². The van der Waals surface area contributed by atoms with Gasteiger partial charge in [-0.1, -0.05) is 12.1 Å². The molecule has 0 heterocycles. The highest BCUT2D eigenvalue weighted by atomic mass is 127. The molecule has 2 nitrogen and oxygen atoms in total. The minimum Gasteiger partial charge on any atom is -0.457 e. The first-order valence-electron chi connectivity index (χ1n) is 9.69. The van der Waals surface area contributed by atoms with Gasteiger partial charge in [0.05, 0.1) is 0 Å². The average molecular weight is 745 g/mol. The Balaban J connectivity index is 1.55. The molecule has 0 saturated heterocycles. The second-order valence-electron chi connectivity index (χ2n) is 7.03. The fraction of sp³-hybridized carbons (Fsp3) is 0.0769. The van der Waals surface area contributed by atoms with Gasteiger partial charge in [-0.05, 0) is 120 Å². The van der Waals surface area contributed by atoms with Gasteiger partial charge in [0.2, 0.25) is 7.14 Å². The average Bonchev–Trinajstić information content (AvgIpc) is 2.76. The predicted octanol–water partition coefficient (Wildman–Crippen LogP) is 5.23. The van der Waals surface area contributed by atoms with E-state index in [-0.39, 0.29) is 21.2 Å². The van der Waals surface area contributed by atoms with Gasteiger partial charge >= 0.3 is 21.2 Å². The van der Waals surface area contributed by atoms with Crippen LogP contribution >= 0.6 is 45.2 Å². The number of ether oxygens (including phenoxy) is 2. The fourth-order valence-electron chi connectivity index (χ4n) is 2.86. The summed E-state index contributed by atoms with van der Waals surface area (Å²) >= 11 is 4.23. The van der Waals surface area contributed by atoms with Gasteiger partial charge in [-0.2, -0.15) is 0 Å². The van der Waals surface area contributed by atoms with Crippen molar-refractivity contribution in [1.29, 1.82) is 0 Å². The summed E-state index contributed by atoms with van der Waals surface area (Å²) in [6.45, 7) is 4.34. The Bertz CT molecular complexity index is 1090. The van der Waals surface area contributed by atoms with Gasteiger partial charge in [-0.25, -0.2) is 0 Å². The molecule has 0 fully saturated rings. The lowest BCUT2D eigenvalue weighted by atomic mass is 10.2. The van der Waals surface area contributed by atoms with E-state index in [1.54, 1.807) is 0 Å². The topological polar surface area (TPSA) is 18.5 Å². The van der Waals surface area contributed by atoms with Crippen LogP contribution < -0.4 is 30.7 Å². The molecule has 0 amide bonds. The molecule has 4 aromatic rings. The summed E-state index contributed by atoms with van der Waals surface area (Å²) in [6, 6.07) is 29.0. The second-order valence-corrected chi connectivity index (χ2v) is 12.4. The molecule has 0 N–H and O–H groups in total. The van der Waals surface area contributed by atoms with Crippen LogP contribution in [-0.4, -0.2) is 0 Å². The molecular weight excluding hydrogens is 725 g/mol. The molecule has 0 aliphatic heterocycles. The largest absolute Gasteiger partial charge is 0.457 e. The summed E-state index contributed by atoms with van der Waals surface area (Å²) in [5.41, 5.74) is 2.59. The maximum absolute atomic E-state index is 6.10. The van der Waals surface area contributed by atoms with E-state index in [4.69, 9.17) is 9.47 Å². The van der Waals surface area contributed by atoms with E-state index in [0.717, 1.165) is 23.0 Å². The molecule has 0 aliphatic carbocycles. The van der Waals surface area contributed by atoms with E-state index in [9.17, 15) is 0 Å². The lowest BCUT2D eigenvalue weighted by Gasteiger charge is -2.07. The van der Waals surface area contributed by atoms with Crippen molar-refractivity contribution in [1.82, 2.24) is 0 Å². The van der Waals surface area contributed by atoms with Crippen LogP contribution in [-0.2, 0) is 0 Å². The number of rotatable bonds is 6. The summed E-state index contributed by atoms with van der Waals surface area (Å²) in [7, 11) is 0. The maximum atomic E-state index is 6.10. The summed E-state index contributed by atoms with van der Waals surface area (Å²) in [4.78, 5) is 0. The van der Waals surface area contributed by atoms with E-state index >= 15 is 0 Å². The summed E-state index contributed by atoms with van der Waals surface area (Å²) in [5.74, 6) is 3.48. The lowest BCUT2D eigenvalue weighted by Crippen LogP contribution is -3.62. The van der Waals surface area contributed by atoms with Crippen LogP contribution in [0.4, 0.5) is 0 Å². The van der Waals surface area contributed by atoms with Crippen molar-refractivity contribution in [3.8, 4) is 23.0 Å². The van der Waals surface area contributed by atoms with E-state index in [1.807, 2.05) is 36.4 Å². The van der Waals surface area contributed by atoms with Crippen LogP contribution in [0.1, 0.15) is 11.1 Å². The highest BCUT2D eigenvalue weighted by Crippen LogP contribution is 2.24. The number of benzene rings is 4. The quantitative estimate of drug-likeness (QED) is 0.252. The van der Waals surface area contributed by atoms with Crippen molar-refractivity contribution in [2.45, 2.75) is 13.8 Å². The first-order chi connectivity index (χ1) is 15.0. The molecular formula is C26H20I3O2+. The Hall–Kier alpha value is -1.33. The van der Waals surface area contributed by atoms with Gasteiger partial charge in [0.1, 0.15) is 23.0 Å². The SMILES string of the molecule is Cc1ccc(Oc2ccc(I)cc2)cc1[I+]c1cc(Oc2ccc(I)cc2)ccc1C. The summed E-state index contributed by atoms with van der Waals surface area (Å²) in [6.07, 6.45) is 0. The van der Waals surface area contributed by atoms with Crippen molar-refractivity contribution in [3.05, 3.63) is 110 Å². The van der Waals surface area contributed by atoms with Gasteiger partial charge in [-0.15, -0.1) is 0 Å². The lowest BCUT2D eigenvalue weighted by molar-refractivity contribution is -0.598. The first kappa shape index (κ1) is 22.8. The monoisotopic (exact) mass is 745 g/mol. The highest BCUT2D eigenvalue weighted by Gasteiger charge is 2.22. The molecule has 0 aliphatic rings. The first-order valence-corrected chi connectivity index (χ1v) is 14.0. The van der Waals surface area contributed by atoms with Gasteiger partial charge in [0.25, 0.3) is 0 Å². The third kappa shape index (κ3) is 6.35. The van der Waals surface area contributed by atoms with Gasteiger partial charge in [0.15, 0.2) is 0 Å². The zero-order chi connectivity index (χ0) is 21.8. The smallest absolute Gasteiger partial charge is 0.358 e. The zero-order valence-electron chi connectivity index (χ0n) is 17.0. The molecule has 4 rings (SSSR count). The Morgan fingerprint density at radius 2 is 0.871 bits per heavy atom. The molecule has 0 unspecified atom stereocenters. The van der Waals surface area contributed by atoms with E-state index in [2.05, 4.69) is 108 Å². The Morgan fingerprint density at radius 3 is 1.26 bits per heavy atom. The summed E-state index contributed by atoms with van der Waals surface area (Å²) in [5, 5.41) is 0. The van der Waals surface area contributed by atoms with Gasteiger partial charge in [0, 0.05) is 30.4 Å². The van der Waals surface area contributed by atoms with E-state index in [0.29, 0.717) is 0 Å². The van der Waals surface area contributed by atoms with Crippen LogP contribution in [0.2, 0.25) is 0 Å². The van der Waals surface area contributed by atoms with Gasteiger partial charge < -0.3 is 9.47 Å². The van der Waals surface area contributed by atoms with E-state index < -0.39 is 0 Å². The Labute approximate surface area is 220 Å². The third-order valence-corrected chi connectivity index (χ3v) is 9.51. The third-order valence-electron chi connectivity index (χ3n) is 4.59.